The van der Waals surface area contributed by atoms with Gasteiger partial charge in [0.1, 0.15) is 0 Å². The van der Waals surface area contributed by atoms with E-state index >= 15 is 0 Å². The van der Waals surface area contributed by atoms with E-state index in [0.717, 1.165) is 12.1 Å². The van der Waals surface area contributed by atoms with Crippen LogP contribution >= 0.6 is 0 Å². The Kier molecular flexibility index (Phi) is 4.74. The lowest BCUT2D eigenvalue weighted by Gasteiger charge is -2.24. The molecule has 1 heterocycles. The molecule has 0 bridgehead atoms. The van der Waals surface area contributed by atoms with E-state index in [0.29, 0.717) is 23.8 Å². The van der Waals surface area contributed by atoms with E-state index in [4.69, 9.17) is 0 Å². The third kappa shape index (κ3) is 3.65. The molecular formula is C20H23N3O2. The predicted octanol–water partition coefficient (Wildman–Crippen LogP) is 2.78. The number of fused-ring (bicyclic) bond motifs is 1. The number of hydrogen-bond acceptors (Lipinski definition) is 3. The summed E-state index contributed by atoms with van der Waals surface area (Å²) in [5.41, 5.74) is 3.72. The zero-order valence-electron chi connectivity index (χ0n) is 14.8. The molecule has 0 aliphatic carbocycles. The van der Waals surface area contributed by atoms with Crippen LogP contribution in [0, 0.1) is 0 Å². The third-order valence-electron chi connectivity index (χ3n) is 4.48. The molecule has 1 N–H and O–H groups in total. The molecule has 1 atom stereocenters. The summed E-state index contributed by atoms with van der Waals surface area (Å²) in [7, 11) is 3.43. The zero-order chi connectivity index (χ0) is 18.0. The molecular weight excluding hydrogens is 314 g/mol. The fourth-order valence-electron chi connectivity index (χ4n) is 3.18. The van der Waals surface area contributed by atoms with Crippen LogP contribution in [0.5, 0.6) is 0 Å². The van der Waals surface area contributed by atoms with E-state index in [-0.39, 0.29) is 11.8 Å². The zero-order valence-corrected chi connectivity index (χ0v) is 14.8. The van der Waals surface area contributed by atoms with Crippen LogP contribution in [0.15, 0.2) is 48.5 Å². The summed E-state index contributed by atoms with van der Waals surface area (Å²) in [4.78, 5) is 28.0. The van der Waals surface area contributed by atoms with Gasteiger partial charge in [0, 0.05) is 37.1 Å². The van der Waals surface area contributed by atoms with Crippen LogP contribution in [0.4, 0.5) is 11.4 Å². The SMILES string of the molecule is CC1Cc2ccccc2N1CC(=O)Nc1ccc(C(=O)N(C)C)cc1. The van der Waals surface area contributed by atoms with Gasteiger partial charge in [0.15, 0.2) is 0 Å². The van der Waals surface area contributed by atoms with E-state index in [1.807, 2.05) is 12.1 Å². The smallest absolute Gasteiger partial charge is 0.253 e. The van der Waals surface area contributed by atoms with Crippen LogP contribution in [0.25, 0.3) is 0 Å². The number of benzene rings is 2. The Bertz CT molecular complexity index is 784. The summed E-state index contributed by atoms with van der Waals surface area (Å²) in [6.07, 6.45) is 0.963. The molecule has 5 nitrogen and oxygen atoms in total. The summed E-state index contributed by atoms with van der Waals surface area (Å²) < 4.78 is 0. The lowest BCUT2D eigenvalue weighted by Crippen LogP contribution is -2.37. The highest BCUT2D eigenvalue weighted by atomic mass is 16.2. The second-order valence-electron chi connectivity index (χ2n) is 6.63. The average molecular weight is 337 g/mol. The van der Waals surface area contributed by atoms with Gasteiger partial charge in [-0.3, -0.25) is 9.59 Å². The number of nitrogens with zero attached hydrogens (tertiary/aromatic N) is 2. The first-order valence-corrected chi connectivity index (χ1v) is 8.42. The maximum absolute atomic E-state index is 12.4. The first-order chi connectivity index (χ1) is 12.0. The number of amides is 2. The minimum Gasteiger partial charge on any atom is -0.359 e. The molecule has 0 radical (unpaired) electrons. The Labute approximate surface area is 148 Å². The van der Waals surface area contributed by atoms with Gasteiger partial charge in [0.2, 0.25) is 5.91 Å². The van der Waals surface area contributed by atoms with Crippen molar-refractivity contribution in [3.05, 3.63) is 59.7 Å². The van der Waals surface area contributed by atoms with Crippen molar-refractivity contribution < 1.29 is 9.59 Å². The minimum atomic E-state index is -0.0600. The molecule has 3 rings (SSSR count). The summed E-state index contributed by atoms with van der Waals surface area (Å²) >= 11 is 0. The second-order valence-corrected chi connectivity index (χ2v) is 6.63. The Morgan fingerprint density at radius 2 is 1.80 bits per heavy atom. The normalized spacial score (nSPS) is 15.6. The van der Waals surface area contributed by atoms with Gasteiger partial charge in [0.05, 0.1) is 6.54 Å². The van der Waals surface area contributed by atoms with Gasteiger partial charge < -0.3 is 15.1 Å². The molecule has 2 amide bonds. The summed E-state index contributed by atoms with van der Waals surface area (Å²) in [6, 6.07) is 15.5. The van der Waals surface area contributed by atoms with Crippen molar-refractivity contribution >= 4 is 23.2 Å². The monoisotopic (exact) mass is 337 g/mol. The van der Waals surface area contributed by atoms with E-state index in [1.165, 1.54) is 10.5 Å². The quantitative estimate of drug-likeness (QED) is 0.933. The van der Waals surface area contributed by atoms with Crippen LogP contribution in [-0.2, 0) is 11.2 Å². The van der Waals surface area contributed by atoms with Gasteiger partial charge in [-0.05, 0) is 49.2 Å². The number of carbonyl (C=O) groups excluding carboxylic acids is 2. The number of anilines is 2. The van der Waals surface area contributed by atoms with Crippen LogP contribution in [0.1, 0.15) is 22.8 Å². The van der Waals surface area contributed by atoms with Gasteiger partial charge in [0.25, 0.3) is 5.91 Å². The average Bonchev–Trinajstić information content (AvgIpc) is 2.90. The van der Waals surface area contributed by atoms with Gasteiger partial charge in [-0.15, -0.1) is 0 Å². The fourth-order valence-corrected chi connectivity index (χ4v) is 3.18. The van der Waals surface area contributed by atoms with Crippen LogP contribution in [0.3, 0.4) is 0 Å². The molecule has 25 heavy (non-hydrogen) atoms. The summed E-state index contributed by atoms with van der Waals surface area (Å²) in [5, 5.41) is 2.91. The highest BCUT2D eigenvalue weighted by Crippen LogP contribution is 2.31. The lowest BCUT2D eigenvalue weighted by atomic mass is 10.1. The molecule has 1 aliphatic rings. The Morgan fingerprint density at radius 1 is 1.12 bits per heavy atom. The van der Waals surface area contributed by atoms with Crippen molar-refractivity contribution in [2.24, 2.45) is 0 Å². The van der Waals surface area contributed by atoms with Crippen molar-refractivity contribution in [1.82, 2.24) is 4.90 Å². The number of rotatable bonds is 4. The number of para-hydroxylation sites is 1. The van der Waals surface area contributed by atoms with Crippen LogP contribution in [-0.4, -0.2) is 43.4 Å². The lowest BCUT2D eigenvalue weighted by molar-refractivity contribution is -0.115. The Morgan fingerprint density at radius 3 is 2.48 bits per heavy atom. The second kappa shape index (κ2) is 6.97. The van der Waals surface area contributed by atoms with Crippen molar-refractivity contribution in [1.29, 1.82) is 0 Å². The highest BCUT2D eigenvalue weighted by molar-refractivity contribution is 5.96. The highest BCUT2D eigenvalue weighted by Gasteiger charge is 2.26. The van der Waals surface area contributed by atoms with Crippen LogP contribution in [0.2, 0.25) is 0 Å². The summed E-state index contributed by atoms with van der Waals surface area (Å²) in [6.45, 7) is 2.45. The molecule has 2 aromatic rings. The largest absolute Gasteiger partial charge is 0.359 e. The van der Waals surface area contributed by atoms with Crippen LogP contribution < -0.4 is 10.2 Å². The topological polar surface area (TPSA) is 52.7 Å². The Hall–Kier alpha value is -2.82. The van der Waals surface area contributed by atoms with Crippen molar-refractivity contribution in [3.8, 4) is 0 Å². The molecule has 0 fully saturated rings. The third-order valence-corrected chi connectivity index (χ3v) is 4.48. The maximum Gasteiger partial charge on any atom is 0.253 e. The molecule has 0 spiro atoms. The van der Waals surface area contributed by atoms with Crippen molar-refractivity contribution in [2.45, 2.75) is 19.4 Å². The fraction of sp³-hybridized carbons (Fsp3) is 0.300. The van der Waals surface area contributed by atoms with E-state index < -0.39 is 0 Å². The van der Waals surface area contributed by atoms with E-state index in [9.17, 15) is 9.59 Å². The molecule has 1 aliphatic heterocycles. The van der Waals surface area contributed by atoms with E-state index in [1.54, 1.807) is 38.4 Å². The van der Waals surface area contributed by atoms with Crippen molar-refractivity contribution in [2.75, 3.05) is 30.9 Å². The molecule has 0 aromatic heterocycles. The predicted molar refractivity (Wildman–Crippen MR) is 100 cm³/mol. The van der Waals surface area contributed by atoms with E-state index in [2.05, 4.69) is 29.3 Å². The molecule has 2 aromatic carbocycles. The van der Waals surface area contributed by atoms with Gasteiger partial charge >= 0.3 is 0 Å². The number of nitrogens with one attached hydrogen (secondary N) is 1. The van der Waals surface area contributed by atoms with Gasteiger partial charge in [-0.25, -0.2) is 0 Å². The molecule has 0 saturated carbocycles. The molecule has 1 unspecified atom stereocenters. The van der Waals surface area contributed by atoms with Gasteiger partial charge in [-0.1, -0.05) is 18.2 Å². The summed E-state index contributed by atoms with van der Waals surface area (Å²) in [5.74, 6) is -0.115. The standard InChI is InChI=1S/C20H23N3O2/c1-14-12-16-6-4-5-7-18(16)23(14)13-19(24)21-17-10-8-15(9-11-17)20(25)22(2)3/h4-11,14H,12-13H2,1-3H3,(H,21,24). The molecule has 0 saturated heterocycles. The van der Waals surface area contributed by atoms with Gasteiger partial charge in [-0.2, -0.15) is 0 Å². The number of hydrogen-bond donors (Lipinski definition) is 1. The minimum absolute atomic E-state index is 0.0552. The Balaban J connectivity index is 1.64. The maximum atomic E-state index is 12.4. The first kappa shape index (κ1) is 17.0. The van der Waals surface area contributed by atoms with Crippen molar-refractivity contribution in [3.63, 3.8) is 0 Å². The first-order valence-electron chi connectivity index (χ1n) is 8.42. The molecule has 5 heteroatoms. The molecule has 130 valence electrons. The number of carbonyl (C=O) groups is 2.